The molecule has 1 aromatic heterocycles. The summed E-state index contributed by atoms with van der Waals surface area (Å²) in [5, 5.41) is 13.9. The van der Waals surface area contributed by atoms with E-state index in [1.165, 1.54) is 12.1 Å². The first kappa shape index (κ1) is 22.0. The Bertz CT molecular complexity index is 1460. The summed E-state index contributed by atoms with van der Waals surface area (Å²) in [5.74, 6) is 4.45. The molecule has 0 aliphatic heterocycles. The number of nitrogens with zero attached hydrogens (tertiary/aromatic N) is 1. The number of hydrogen-bond donors (Lipinski definition) is 2. The molecule has 7 nitrogen and oxygen atoms in total. The summed E-state index contributed by atoms with van der Waals surface area (Å²) in [6.07, 6.45) is 0.404. The first-order chi connectivity index (χ1) is 15.8. The SMILES string of the molecule is NS(=O)(=O)c1ccc(-c2oc(Cc3ccc(C#CC(=O)O)cc3)nc2-c2ccccc2)cc1. The molecule has 164 valence electrons. The van der Waals surface area contributed by atoms with Gasteiger partial charge in [0.15, 0.2) is 11.7 Å². The van der Waals surface area contributed by atoms with Gasteiger partial charge in [-0.3, -0.25) is 0 Å². The quantitative estimate of drug-likeness (QED) is 0.440. The zero-order chi connectivity index (χ0) is 23.4. The lowest BCUT2D eigenvalue weighted by atomic mass is 10.1. The summed E-state index contributed by atoms with van der Waals surface area (Å²) < 4.78 is 29.3. The van der Waals surface area contributed by atoms with Crippen LogP contribution in [0.1, 0.15) is 17.0 Å². The van der Waals surface area contributed by atoms with Crippen molar-refractivity contribution in [3.05, 3.63) is 95.9 Å². The van der Waals surface area contributed by atoms with E-state index in [1.54, 1.807) is 24.3 Å². The van der Waals surface area contributed by atoms with Crippen molar-refractivity contribution >= 4 is 16.0 Å². The fourth-order valence-electron chi connectivity index (χ4n) is 3.23. The molecule has 0 aliphatic rings. The number of aliphatic carboxylic acids is 1. The van der Waals surface area contributed by atoms with Gasteiger partial charge >= 0.3 is 5.97 Å². The average molecular weight is 458 g/mol. The van der Waals surface area contributed by atoms with Crippen LogP contribution in [0.4, 0.5) is 0 Å². The van der Waals surface area contributed by atoms with Gasteiger partial charge in [0, 0.05) is 29.0 Å². The van der Waals surface area contributed by atoms with E-state index < -0.39 is 16.0 Å². The van der Waals surface area contributed by atoms with Gasteiger partial charge in [0.2, 0.25) is 10.0 Å². The normalized spacial score (nSPS) is 10.9. The largest absolute Gasteiger partial charge is 0.472 e. The molecule has 3 N–H and O–H groups in total. The second-order valence-electron chi connectivity index (χ2n) is 7.15. The molecule has 4 rings (SSSR count). The van der Waals surface area contributed by atoms with E-state index >= 15 is 0 Å². The third-order valence-corrected chi connectivity index (χ3v) is 5.72. The van der Waals surface area contributed by atoms with Gasteiger partial charge in [-0.2, -0.15) is 0 Å². The summed E-state index contributed by atoms with van der Waals surface area (Å²) in [4.78, 5) is 15.3. The second-order valence-corrected chi connectivity index (χ2v) is 8.71. The fourth-order valence-corrected chi connectivity index (χ4v) is 3.74. The number of carbonyl (C=O) groups is 1. The highest BCUT2D eigenvalue weighted by atomic mass is 32.2. The van der Waals surface area contributed by atoms with Gasteiger partial charge < -0.3 is 9.52 Å². The Morgan fingerprint density at radius 2 is 1.61 bits per heavy atom. The number of rotatable bonds is 5. The third kappa shape index (κ3) is 5.36. The van der Waals surface area contributed by atoms with Crippen LogP contribution in [0.25, 0.3) is 22.6 Å². The summed E-state index contributed by atoms with van der Waals surface area (Å²) in [7, 11) is -3.80. The summed E-state index contributed by atoms with van der Waals surface area (Å²) in [5.41, 5.74) is 3.66. The minimum atomic E-state index is -3.80. The van der Waals surface area contributed by atoms with E-state index in [2.05, 4.69) is 16.8 Å². The Hall–Kier alpha value is -4.19. The Kier molecular flexibility index (Phi) is 6.09. The van der Waals surface area contributed by atoms with Crippen molar-refractivity contribution in [3.8, 4) is 34.4 Å². The highest BCUT2D eigenvalue weighted by Gasteiger charge is 2.18. The number of benzene rings is 3. The van der Waals surface area contributed by atoms with Gasteiger partial charge in [0.1, 0.15) is 5.69 Å². The van der Waals surface area contributed by atoms with Crippen LogP contribution in [0, 0.1) is 11.8 Å². The molecule has 1 heterocycles. The Labute approximate surface area is 190 Å². The van der Waals surface area contributed by atoms with Crippen molar-refractivity contribution in [1.82, 2.24) is 4.98 Å². The lowest BCUT2D eigenvalue weighted by Crippen LogP contribution is -2.11. The fraction of sp³-hybridized carbons (Fsp3) is 0.0400. The molecule has 0 saturated heterocycles. The number of carboxylic acid groups (broad SMARTS) is 1. The summed E-state index contributed by atoms with van der Waals surface area (Å²) >= 11 is 0. The number of carboxylic acids is 1. The van der Waals surface area contributed by atoms with Gasteiger partial charge in [-0.1, -0.05) is 48.4 Å². The molecule has 3 aromatic carbocycles. The van der Waals surface area contributed by atoms with Crippen molar-refractivity contribution in [2.45, 2.75) is 11.3 Å². The van der Waals surface area contributed by atoms with Crippen LogP contribution in [-0.4, -0.2) is 24.5 Å². The van der Waals surface area contributed by atoms with Crippen molar-refractivity contribution in [2.24, 2.45) is 5.14 Å². The van der Waals surface area contributed by atoms with E-state index in [9.17, 15) is 13.2 Å². The summed E-state index contributed by atoms with van der Waals surface area (Å²) in [6.45, 7) is 0. The highest BCUT2D eigenvalue weighted by molar-refractivity contribution is 7.89. The maximum atomic E-state index is 11.6. The van der Waals surface area contributed by atoms with Crippen molar-refractivity contribution in [2.75, 3.05) is 0 Å². The predicted octanol–water partition coefficient (Wildman–Crippen LogP) is 3.68. The van der Waals surface area contributed by atoms with E-state index in [0.717, 1.165) is 11.1 Å². The van der Waals surface area contributed by atoms with Crippen molar-refractivity contribution in [1.29, 1.82) is 0 Å². The number of aromatic nitrogens is 1. The molecular formula is C25H18N2O5S. The molecule has 33 heavy (non-hydrogen) atoms. The first-order valence-corrected chi connectivity index (χ1v) is 11.4. The molecule has 0 radical (unpaired) electrons. The topological polar surface area (TPSA) is 123 Å². The molecule has 0 spiro atoms. The van der Waals surface area contributed by atoms with Crippen LogP contribution >= 0.6 is 0 Å². The maximum absolute atomic E-state index is 11.6. The van der Waals surface area contributed by atoms with Crippen LogP contribution in [0.2, 0.25) is 0 Å². The Morgan fingerprint density at radius 3 is 2.21 bits per heavy atom. The smallest absolute Gasteiger partial charge is 0.382 e. The molecule has 0 unspecified atom stereocenters. The van der Waals surface area contributed by atoms with Gasteiger partial charge in [-0.25, -0.2) is 23.3 Å². The molecule has 8 heteroatoms. The van der Waals surface area contributed by atoms with E-state index in [-0.39, 0.29) is 4.90 Å². The average Bonchev–Trinajstić information content (AvgIpc) is 3.22. The van der Waals surface area contributed by atoms with E-state index in [1.807, 2.05) is 42.5 Å². The molecule has 0 atom stereocenters. The monoisotopic (exact) mass is 458 g/mol. The third-order valence-electron chi connectivity index (χ3n) is 4.79. The lowest BCUT2D eigenvalue weighted by Gasteiger charge is -2.03. The minimum absolute atomic E-state index is 0.0123. The zero-order valence-corrected chi connectivity index (χ0v) is 18.0. The van der Waals surface area contributed by atoms with Crippen LogP contribution in [0.5, 0.6) is 0 Å². The standard InChI is InChI=1S/C25H18N2O5S/c26-33(30,31)21-13-11-20(12-14-21)25-24(19-4-2-1-3-5-19)27-22(32-25)16-18-8-6-17(7-9-18)10-15-23(28)29/h1-9,11-14H,16H2,(H,28,29)(H2,26,30,31). The molecule has 4 aromatic rings. The number of nitrogens with two attached hydrogens (primary N) is 1. The Balaban J connectivity index is 1.69. The minimum Gasteiger partial charge on any atom is -0.472 e. The van der Waals surface area contributed by atoms with Gasteiger partial charge in [-0.15, -0.1) is 0 Å². The van der Waals surface area contributed by atoms with E-state index in [0.29, 0.717) is 34.9 Å². The van der Waals surface area contributed by atoms with Crippen LogP contribution in [-0.2, 0) is 21.2 Å². The second kappa shape index (κ2) is 9.12. The predicted molar refractivity (Wildman–Crippen MR) is 123 cm³/mol. The maximum Gasteiger partial charge on any atom is 0.382 e. The summed E-state index contributed by atoms with van der Waals surface area (Å²) in [6, 6.07) is 22.8. The number of oxazole rings is 1. The molecule has 0 bridgehead atoms. The molecule has 0 saturated carbocycles. The first-order valence-electron chi connectivity index (χ1n) is 9.82. The van der Waals surface area contributed by atoms with Crippen LogP contribution in [0.3, 0.4) is 0 Å². The molecular weight excluding hydrogens is 440 g/mol. The van der Waals surface area contributed by atoms with Gasteiger partial charge in [0.25, 0.3) is 0 Å². The van der Waals surface area contributed by atoms with Gasteiger partial charge in [-0.05, 0) is 42.0 Å². The van der Waals surface area contributed by atoms with Crippen molar-refractivity contribution in [3.63, 3.8) is 0 Å². The highest BCUT2D eigenvalue weighted by Crippen LogP contribution is 2.33. The molecule has 0 aliphatic carbocycles. The Morgan fingerprint density at radius 1 is 0.939 bits per heavy atom. The van der Waals surface area contributed by atoms with E-state index in [4.69, 9.17) is 14.7 Å². The van der Waals surface area contributed by atoms with Crippen LogP contribution < -0.4 is 5.14 Å². The lowest BCUT2D eigenvalue weighted by molar-refractivity contribution is -0.130. The molecule has 0 fully saturated rings. The zero-order valence-electron chi connectivity index (χ0n) is 17.2. The van der Waals surface area contributed by atoms with Gasteiger partial charge in [0.05, 0.1) is 4.90 Å². The number of primary sulfonamides is 1. The number of sulfonamides is 1. The molecule has 0 amide bonds. The number of hydrogen-bond acceptors (Lipinski definition) is 5. The van der Waals surface area contributed by atoms with Crippen LogP contribution in [0.15, 0.2) is 88.2 Å². The van der Waals surface area contributed by atoms with Crippen molar-refractivity contribution < 1.29 is 22.7 Å².